The third-order valence-electron chi connectivity index (χ3n) is 4.05. The first-order chi connectivity index (χ1) is 9.85. The van der Waals surface area contributed by atoms with Crippen molar-refractivity contribution >= 4 is 0 Å². The van der Waals surface area contributed by atoms with Crippen LogP contribution in [0.3, 0.4) is 0 Å². The monoisotopic (exact) mass is 281 g/mol. The topological polar surface area (TPSA) is 12.0 Å². The van der Waals surface area contributed by atoms with Crippen LogP contribution in [-0.2, 0) is 0 Å². The normalized spacial score (nSPS) is 12.5. The lowest BCUT2D eigenvalue weighted by Gasteiger charge is -2.18. The summed E-state index contributed by atoms with van der Waals surface area (Å²) in [7, 11) is 0. The van der Waals surface area contributed by atoms with Crippen LogP contribution in [0.4, 0.5) is 0 Å². The maximum absolute atomic E-state index is 3.79. The molecule has 0 bridgehead atoms. The Morgan fingerprint density at radius 1 is 0.800 bits per heavy atom. The van der Waals surface area contributed by atoms with Crippen molar-refractivity contribution in [2.45, 2.75) is 103 Å². The van der Waals surface area contributed by atoms with Gasteiger partial charge in [-0.05, 0) is 38.6 Å². The van der Waals surface area contributed by atoms with Gasteiger partial charge in [-0.1, -0.05) is 71.3 Å². The van der Waals surface area contributed by atoms with Crippen LogP contribution in [0, 0.1) is 0 Å². The highest BCUT2D eigenvalue weighted by Crippen LogP contribution is 2.13. The molecule has 0 heterocycles. The summed E-state index contributed by atoms with van der Waals surface area (Å²) < 4.78 is 0. The fraction of sp³-hybridized carbons (Fsp3) is 0.895. The van der Waals surface area contributed by atoms with E-state index in [-0.39, 0.29) is 0 Å². The van der Waals surface area contributed by atoms with Crippen molar-refractivity contribution in [3.63, 3.8) is 0 Å². The van der Waals surface area contributed by atoms with E-state index in [0.717, 1.165) is 6.04 Å². The summed E-state index contributed by atoms with van der Waals surface area (Å²) >= 11 is 0. The average molecular weight is 282 g/mol. The zero-order valence-corrected chi connectivity index (χ0v) is 14.3. The first-order valence-electron chi connectivity index (χ1n) is 9.19. The van der Waals surface area contributed by atoms with Gasteiger partial charge in [0.25, 0.3) is 0 Å². The number of hydrogen-bond donors (Lipinski definition) is 1. The van der Waals surface area contributed by atoms with E-state index in [1.165, 1.54) is 90.0 Å². The van der Waals surface area contributed by atoms with Gasteiger partial charge in [0.15, 0.2) is 0 Å². The lowest BCUT2D eigenvalue weighted by atomic mass is 10.0. The Morgan fingerprint density at radius 3 is 2.00 bits per heavy atom. The average Bonchev–Trinajstić information content (AvgIpc) is 2.47. The third-order valence-corrected chi connectivity index (χ3v) is 4.05. The number of nitrogens with one attached hydrogen (secondary N) is 1. The largest absolute Gasteiger partial charge is 0.314 e. The van der Waals surface area contributed by atoms with Crippen molar-refractivity contribution in [2.24, 2.45) is 0 Å². The molecule has 0 aliphatic carbocycles. The summed E-state index contributed by atoms with van der Waals surface area (Å²) in [6, 6.07) is 0.768. The molecule has 0 aliphatic heterocycles. The highest BCUT2D eigenvalue weighted by Gasteiger charge is 2.06. The number of unbranched alkanes of at least 4 members (excludes halogenated alkanes) is 8. The molecule has 1 unspecified atom stereocenters. The summed E-state index contributed by atoms with van der Waals surface area (Å²) in [5.41, 5.74) is 0. The van der Waals surface area contributed by atoms with Crippen LogP contribution in [0.5, 0.6) is 0 Å². The Bertz CT molecular complexity index is 188. The van der Waals surface area contributed by atoms with Gasteiger partial charge in [-0.2, -0.15) is 0 Å². The van der Waals surface area contributed by atoms with Gasteiger partial charge in [0.1, 0.15) is 0 Å². The molecule has 0 aromatic rings. The number of hydrogen-bond acceptors (Lipinski definition) is 1. The predicted molar refractivity (Wildman–Crippen MR) is 93.4 cm³/mol. The molecule has 0 fully saturated rings. The van der Waals surface area contributed by atoms with E-state index in [4.69, 9.17) is 0 Å². The summed E-state index contributed by atoms with van der Waals surface area (Å²) in [5, 5.41) is 3.74. The van der Waals surface area contributed by atoms with Crippen LogP contribution < -0.4 is 5.32 Å². The first kappa shape index (κ1) is 19.7. The fourth-order valence-corrected chi connectivity index (χ4v) is 2.72. The lowest BCUT2D eigenvalue weighted by Crippen LogP contribution is -2.29. The van der Waals surface area contributed by atoms with E-state index < -0.39 is 0 Å². The maximum Gasteiger partial charge on any atom is 0.00670 e. The second-order valence-electron chi connectivity index (χ2n) is 6.13. The summed E-state index contributed by atoms with van der Waals surface area (Å²) in [5.74, 6) is 0. The Labute approximate surface area is 128 Å². The summed E-state index contributed by atoms with van der Waals surface area (Å²) in [6.07, 6.45) is 19.8. The van der Waals surface area contributed by atoms with E-state index in [1.54, 1.807) is 0 Å². The van der Waals surface area contributed by atoms with Crippen LogP contribution in [0.2, 0.25) is 0 Å². The smallest absolute Gasteiger partial charge is 0.00670 e. The van der Waals surface area contributed by atoms with Crippen molar-refractivity contribution in [3.8, 4) is 0 Å². The maximum atomic E-state index is 3.79. The lowest BCUT2D eigenvalue weighted by molar-refractivity contribution is 0.414. The van der Waals surface area contributed by atoms with E-state index in [0.29, 0.717) is 0 Å². The highest BCUT2D eigenvalue weighted by molar-refractivity contribution is 4.69. The molecule has 0 aliphatic rings. The molecular formula is C19H39N. The van der Waals surface area contributed by atoms with Gasteiger partial charge in [-0.3, -0.25) is 0 Å². The third kappa shape index (κ3) is 14.1. The Kier molecular flexibility index (Phi) is 16.5. The highest BCUT2D eigenvalue weighted by atomic mass is 14.9. The van der Waals surface area contributed by atoms with E-state index in [1.807, 2.05) is 6.08 Å². The molecule has 0 rings (SSSR count). The van der Waals surface area contributed by atoms with Crippen LogP contribution in [0.15, 0.2) is 12.7 Å². The van der Waals surface area contributed by atoms with Crippen LogP contribution in [0.1, 0.15) is 97.3 Å². The zero-order chi connectivity index (χ0) is 14.9. The molecule has 1 N–H and O–H groups in total. The second-order valence-corrected chi connectivity index (χ2v) is 6.13. The van der Waals surface area contributed by atoms with Gasteiger partial charge >= 0.3 is 0 Å². The summed E-state index contributed by atoms with van der Waals surface area (Å²) in [6.45, 7) is 9.53. The molecular weight excluding hydrogens is 242 g/mol. The van der Waals surface area contributed by atoms with Crippen LogP contribution >= 0.6 is 0 Å². The standard InChI is InChI=1S/C19H39N/c1-4-7-9-11-13-15-17-19(20-18-6-3)16-14-12-10-8-5-2/h5,19-20H,2,4,6-18H2,1,3H3. The number of rotatable bonds is 16. The SMILES string of the molecule is C=CCCCCCC(CCCCCCCC)NCCC. The van der Waals surface area contributed by atoms with E-state index >= 15 is 0 Å². The van der Waals surface area contributed by atoms with Gasteiger partial charge in [0.2, 0.25) is 0 Å². The number of allylic oxidation sites excluding steroid dienone is 1. The molecule has 1 atom stereocenters. The zero-order valence-electron chi connectivity index (χ0n) is 14.3. The Balaban J connectivity index is 3.58. The predicted octanol–water partition coefficient (Wildman–Crippen LogP) is 6.24. The van der Waals surface area contributed by atoms with Crippen LogP contribution in [0.25, 0.3) is 0 Å². The van der Waals surface area contributed by atoms with Crippen molar-refractivity contribution in [2.75, 3.05) is 6.54 Å². The summed E-state index contributed by atoms with van der Waals surface area (Å²) in [4.78, 5) is 0. The molecule has 0 aromatic carbocycles. The molecule has 20 heavy (non-hydrogen) atoms. The minimum atomic E-state index is 0.768. The Morgan fingerprint density at radius 2 is 1.40 bits per heavy atom. The van der Waals surface area contributed by atoms with E-state index in [9.17, 15) is 0 Å². The molecule has 0 saturated heterocycles. The van der Waals surface area contributed by atoms with Crippen LogP contribution in [-0.4, -0.2) is 12.6 Å². The molecule has 1 nitrogen and oxygen atoms in total. The Hall–Kier alpha value is -0.300. The van der Waals surface area contributed by atoms with Gasteiger partial charge in [0.05, 0.1) is 0 Å². The first-order valence-corrected chi connectivity index (χ1v) is 9.19. The molecule has 0 saturated carbocycles. The quantitative estimate of drug-likeness (QED) is 0.261. The molecule has 0 amide bonds. The minimum Gasteiger partial charge on any atom is -0.314 e. The van der Waals surface area contributed by atoms with Crippen molar-refractivity contribution in [3.05, 3.63) is 12.7 Å². The second kappa shape index (κ2) is 16.8. The molecule has 1 heteroatoms. The minimum absolute atomic E-state index is 0.768. The van der Waals surface area contributed by atoms with Gasteiger partial charge < -0.3 is 5.32 Å². The van der Waals surface area contributed by atoms with Crippen molar-refractivity contribution in [1.29, 1.82) is 0 Å². The van der Waals surface area contributed by atoms with Gasteiger partial charge in [-0.15, -0.1) is 6.58 Å². The molecule has 0 spiro atoms. The van der Waals surface area contributed by atoms with E-state index in [2.05, 4.69) is 25.7 Å². The molecule has 120 valence electrons. The van der Waals surface area contributed by atoms with Gasteiger partial charge in [0, 0.05) is 6.04 Å². The molecule has 0 radical (unpaired) electrons. The van der Waals surface area contributed by atoms with Gasteiger partial charge in [-0.25, -0.2) is 0 Å². The fourth-order valence-electron chi connectivity index (χ4n) is 2.72. The van der Waals surface area contributed by atoms with Crippen molar-refractivity contribution < 1.29 is 0 Å². The molecule has 0 aromatic heterocycles. The van der Waals surface area contributed by atoms with Crippen molar-refractivity contribution in [1.82, 2.24) is 5.32 Å².